The van der Waals surface area contributed by atoms with E-state index in [0.717, 1.165) is 68.7 Å². The molecule has 1 N–H and O–H groups in total. The van der Waals surface area contributed by atoms with E-state index in [0.29, 0.717) is 24.7 Å². The van der Waals surface area contributed by atoms with Crippen LogP contribution in [0.15, 0.2) is 30.3 Å². The Morgan fingerprint density at radius 3 is 2.60 bits per heavy atom. The first kappa shape index (κ1) is 20.8. The Morgan fingerprint density at radius 1 is 1.17 bits per heavy atom. The molecule has 1 aliphatic heterocycles. The zero-order valence-corrected chi connectivity index (χ0v) is 16.8. The maximum absolute atomic E-state index is 12.6. The van der Waals surface area contributed by atoms with E-state index in [1.807, 2.05) is 11.0 Å². The van der Waals surface area contributed by atoms with Gasteiger partial charge in [0.05, 0.1) is 17.9 Å². The minimum atomic E-state index is -4.34. The Hall–Kier alpha value is -2.51. The summed E-state index contributed by atoms with van der Waals surface area (Å²) in [6.45, 7) is 1.85. The Morgan fingerprint density at radius 2 is 1.90 bits per heavy atom. The molecule has 0 radical (unpaired) electrons. The predicted octanol–water partition coefficient (Wildman–Crippen LogP) is 4.56. The van der Waals surface area contributed by atoms with Crippen LogP contribution in [0.1, 0.15) is 55.0 Å². The van der Waals surface area contributed by atoms with Crippen molar-refractivity contribution in [2.24, 2.45) is 5.92 Å². The van der Waals surface area contributed by atoms with Gasteiger partial charge in [-0.3, -0.25) is 9.89 Å². The van der Waals surface area contributed by atoms with Gasteiger partial charge in [-0.05, 0) is 49.6 Å². The fourth-order valence-corrected chi connectivity index (χ4v) is 4.37. The van der Waals surface area contributed by atoms with Gasteiger partial charge in [0.1, 0.15) is 5.75 Å². The van der Waals surface area contributed by atoms with Gasteiger partial charge >= 0.3 is 6.18 Å². The van der Waals surface area contributed by atoms with E-state index in [2.05, 4.69) is 10.2 Å². The number of aromatic nitrogens is 2. The summed E-state index contributed by atoms with van der Waals surface area (Å²) in [7, 11) is 0. The molecule has 1 aliphatic carbocycles. The second kappa shape index (κ2) is 8.70. The van der Waals surface area contributed by atoms with Crippen LogP contribution in [0, 0.1) is 5.92 Å². The van der Waals surface area contributed by atoms with E-state index in [-0.39, 0.29) is 11.8 Å². The zero-order chi connectivity index (χ0) is 21.1. The third-order valence-corrected chi connectivity index (χ3v) is 6.10. The molecule has 162 valence electrons. The van der Waals surface area contributed by atoms with Gasteiger partial charge in [-0.25, -0.2) is 0 Å². The van der Waals surface area contributed by atoms with Gasteiger partial charge in [-0.2, -0.15) is 18.3 Å². The molecule has 2 heterocycles. The number of benzene rings is 1. The molecule has 30 heavy (non-hydrogen) atoms. The zero-order valence-electron chi connectivity index (χ0n) is 16.8. The van der Waals surface area contributed by atoms with Crippen LogP contribution < -0.4 is 4.74 Å². The van der Waals surface area contributed by atoms with Gasteiger partial charge in [0.25, 0.3) is 0 Å². The van der Waals surface area contributed by atoms with E-state index >= 15 is 0 Å². The van der Waals surface area contributed by atoms with E-state index in [4.69, 9.17) is 4.74 Å². The fraction of sp³-hybridized carbons (Fsp3) is 0.545. The molecular formula is C22H26F3N3O2. The summed E-state index contributed by atoms with van der Waals surface area (Å²) in [6.07, 6.45) is 1.51. The second-order valence-corrected chi connectivity index (χ2v) is 8.19. The highest BCUT2D eigenvalue weighted by Gasteiger charge is 2.33. The molecule has 1 aromatic carbocycles. The number of ether oxygens (including phenoxy) is 1. The fourth-order valence-electron chi connectivity index (χ4n) is 4.37. The molecule has 1 unspecified atom stereocenters. The molecule has 2 aliphatic rings. The van der Waals surface area contributed by atoms with E-state index < -0.39 is 11.7 Å². The average Bonchev–Trinajstić information content (AvgIpc) is 3.48. The molecule has 1 amide bonds. The van der Waals surface area contributed by atoms with Crippen LogP contribution in [0.25, 0.3) is 0 Å². The Labute approximate surface area is 173 Å². The largest absolute Gasteiger partial charge is 0.493 e. The highest BCUT2D eigenvalue weighted by molar-refractivity contribution is 5.79. The van der Waals surface area contributed by atoms with Crippen molar-refractivity contribution in [3.05, 3.63) is 47.3 Å². The van der Waals surface area contributed by atoms with Gasteiger partial charge in [0.2, 0.25) is 5.91 Å². The summed E-state index contributed by atoms with van der Waals surface area (Å²) in [5, 5.41) is 7.43. The number of nitrogens with zero attached hydrogens (tertiary/aromatic N) is 2. The molecule has 8 heteroatoms. The van der Waals surface area contributed by atoms with Gasteiger partial charge in [-0.15, -0.1) is 0 Å². The SMILES string of the molecule is O=C(C1CCCC1)N1CCC(c2cc(CCOc3ccc(C(F)(F)F)cc3)[nH]n2)C1. The molecule has 1 saturated carbocycles. The van der Waals surface area contributed by atoms with Gasteiger partial charge in [-0.1, -0.05) is 12.8 Å². The number of H-pyrrole nitrogens is 1. The molecular weight excluding hydrogens is 395 g/mol. The molecule has 1 atom stereocenters. The van der Waals surface area contributed by atoms with Crippen molar-refractivity contribution < 1.29 is 22.7 Å². The van der Waals surface area contributed by atoms with Crippen molar-refractivity contribution in [3.8, 4) is 5.75 Å². The van der Waals surface area contributed by atoms with E-state index in [1.54, 1.807) is 0 Å². The maximum atomic E-state index is 12.6. The van der Waals surface area contributed by atoms with Crippen LogP contribution in [-0.4, -0.2) is 40.7 Å². The number of carbonyl (C=O) groups is 1. The lowest BCUT2D eigenvalue weighted by atomic mass is 10.0. The number of halogens is 3. The average molecular weight is 421 g/mol. The summed E-state index contributed by atoms with van der Waals surface area (Å²) in [5.74, 6) is 1.16. The third kappa shape index (κ3) is 4.79. The molecule has 1 saturated heterocycles. The third-order valence-electron chi connectivity index (χ3n) is 6.10. The molecule has 0 bridgehead atoms. The molecule has 4 rings (SSSR count). The van der Waals surface area contributed by atoms with Crippen LogP contribution in [0.5, 0.6) is 5.75 Å². The molecule has 0 spiro atoms. The van der Waals surface area contributed by atoms with Crippen LogP contribution in [-0.2, 0) is 17.4 Å². The number of amides is 1. The van der Waals surface area contributed by atoms with Crippen LogP contribution in [0.4, 0.5) is 13.2 Å². The topological polar surface area (TPSA) is 58.2 Å². The minimum absolute atomic E-state index is 0.209. The monoisotopic (exact) mass is 421 g/mol. The Bertz CT molecular complexity index is 857. The lowest BCUT2D eigenvalue weighted by Gasteiger charge is -2.20. The van der Waals surface area contributed by atoms with Gasteiger partial charge in [0.15, 0.2) is 0 Å². The number of rotatable bonds is 6. The first-order chi connectivity index (χ1) is 14.4. The number of hydrogen-bond acceptors (Lipinski definition) is 3. The smallest absolute Gasteiger partial charge is 0.416 e. The highest BCUT2D eigenvalue weighted by Crippen LogP contribution is 2.32. The lowest BCUT2D eigenvalue weighted by Crippen LogP contribution is -2.33. The summed E-state index contributed by atoms with van der Waals surface area (Å²) in [5.41, 5.74) is 1.18. The number of alkyl halides is 3. The van der Waals surface area contributed by atoms with E-state index in [1.165, 1.54) is 12.1 Å². The van der Waals surface area contributed by atoms with Crippen molar-refractivity contribution in [2.45, 2.75) is 50.6 Å². The van der Waals surface area contributed by atoms with Gasteiger partial charge in [0, 0.05) is 37.0 Å². The predicted molar refractivity (Wildman–Crippen MR) is 105 cm³/mol. The number of nitrogens with one attached hydrogen (secondary N) is 1. The number of carbonyl (C=O) groups excluding carboxylic acids is 1. The van der Waals surface area contributed by atoms with Crippen molar-refractivity contribution in [2.75, 3.05) is 19.7 Å². The van der Waals surface area contributed by atoms with Crippen molar-refractivity contribution in [1.82, 2.24) is 15.1 Å². The standard InChI is InChI=1S/C22H26F3N3O2/c23-22(24,25)17-5-7-19(8-6-17)30-12-10-18-13-20(27-26-18)16-9-11-28(14-16)21(29)15-3-1-2-4-15/h5-8,13,15-16H,1-4,9-12,14H2,(H,26,27). The van der Waals surface area contributed by atoms with Crippen molar-refractivity contribution in [3.63, 3.8) is 0 Å². The Kier molecular flexibility index (Phi) is 6.01. The quantitative estimate of drug-likeness (QED) is 0.744. The van der Waals surface area contributed by atoms with Crippen molar-refractivity contribution >= 4 is 5.91 Å². The Balaban J connectivity index is 1.25. The molecule has 2 fully saturated rings. The van der Waals surface area contributed by atoms with Crippen molar-refractivity contribution in [1.29, 1.82) is 0 Å². The van der Waals surface area contributed by atoms with Crippen LogP contribution in [0.3, 0.4) is 0 Å². The first-order valence-electron chi connectivity index (χ1n) is 10.5. The maximum Gasteiger partial charge on any atom is 0.416 e. The normalized spacial score (nSPS) is 20.1. The van der Waals surface area contributed by atoms with Gasteiger partial charge < -0.3 is 9.64 Å². The molecule has 1 aromatic heterocycles. The molecule has 5 nitrogen and oxygen atoms in total. The second-order valence-electron chi connectivity index (χ2n) is 8.19. The minimum Gasteiger partial charge on any atom is -0.493 e. The summed E-state index contributed by atoms with van der Waals surface area (Å²) in [4.78, 5) is 14.6. The number of likely N-dealkylation sites (tertiary alicyclic amines) is 1. The summed E-state index contributed by atoms with van der Waals surface area (Å²) < 4.78 is 43.3. The first-order valence-corrected chi connectivity index (χ1v) is 10.5. The summed E-state index contributed by atoms with van der Waals surface area (Å²) in [6, 6.07) is 6.69. The molecule has 2 aromatic rings. The van der Waals surface area contributed by atoms with E-state index in [9.17, 15) is 18.0 Å². The summed E-state index contributed by atoms with van der Waals surface area (Å²) >= 11 is 0. The van der Waals surface area contributed by atoms with Crippen LogP contribution >= 0.6 is 0 Å². The lowest BCUT2D eigenvalue weighted by molar-refractivity contribution is -0.137. The number of hydrogen-bond donors (Lipinski definition) is 1. The van der Waals surface area contributed by atoms with Crippen LogP contribution in [0.2, 0.25) is 0 Å². The highest BCUT2D eigenvalue weighted by atomic mass is 19.4. The number of aromatic amines is 1.